The van der Waals surface area contributed by atoms with Crippen molar-refractivity contribution >= 4 is 11.9 Å². The highest BCUT2D eigenvalue weighted by Gasteiger charge is 2.21. The first-order chi connectivity index (χ1) is 9.04. The van der Waals surface area contributed by atoms with E-state index in [9.17, 15) is 9.59 Å². The number of carbonyl (C=O) groups excluding carboxylic acids is 1. The zero-order valence-electron chi connectivity index (χ0n) is 11.2. The van der Waals surface area contributed by atoms with Crippen LogP contribution >= 0.6 is 0 Å². The lowest BCUT2D eigenvalue weighted by molar-refractivity contribution is -0.150. The molecule has 0 spiro atoms. The largest absolute Gasteiger partial charge is 0.480 e. The molecule has 0 fully saturated rings. The SMILES string of the molecule is CCN(CC(=O)O)C(=O)C(C)OCc1ccccc1. The van der Waals surface area contributed by atoms with Crippen LogP contribution in [0.4, 0.5) is 0 Å². The summed E-state index contributed by atoms with van der Waals surface area (Å²) in [5.41, 5.74) is 0.975. The van der Waals surface area contributed by atoms with Crippen LogP contribution in [0.15, 0.2) is 30.3 Å². The van der Waals surface area contributed by atoms with Crippen molar-refractivity contribution in [3.8, 4) is 0 Å². The van der Waals surface area contributed by atoms with Gasteiger partial charge in [0.15, 0.2) is 0 Å². The lowest BCUT2D eigenvalue weighted by Gasteiger charge is -2.22. The van der Waals surface area contributed by atoms with Gasteiger partial charge in [0, 0.05) is 6.54 Å². The molecule has 19 heavy (non-hydrogen) atoms. The van der Waals surface area contributed by atoms with Crippen molar-refractivity contribution < 1.29 is 19.4 Å². The number of nitrogens with zero attached hydrogens (tertiary/aromatic N) is 1. The van der Waals surface area contributed by atoms with Crippen LogP contribution < -0.4 is 0 Å². The van der Waals surface area contributed by atoms with Crippen LogP contribution in [0.2, 0.25) is 0 Å². The number of carboxylic acids is 1. The second kappa shape index (κ2) is 7.53. The maximum absolute atomic E-state index is 12.0. The van der Waals surface area contributed by atoms with E-state index in [1.54, 1.807) is 13.8 Å². The van der Waals surface area contributed by atoms with E-state index in [4.69, 9.17) is 9.84 Å². The van der Waals surface area contributed by atoms with E-state index < -0.39 is 12.1 Å². The Labute approximate surface area is 112 Å². The number of hydrogen-bond donors (Lipinski definition) is 1. The van der Waals surface area contributed by atoms with Crippen molar-refractivity contribution in [2.75, 3.05) is 13.1 Å². The first kappa shape index (κ1) is 15.2. The van der Waals surface area contributed by atoms with Gasteiger partial charge < -0.3 is 14.7 Å². The molecule has 1 rings (SSSR count). The molecule has 5 heteroatoms. The van der Waals surface area contributed by atoms with Crippen molar-refractivity contribution in [2.45, 2.75) is 26.6 Å². The third-order valence-electron chi connectivity index (χ3n) is 2.71. The highest BCUT2D eigenvalue weighted by Crippen LogP contribution is 2.05. The maximum atomic E-state index is 12.0. The third-order valence-corrected chi connectivity index (χ3v) is 2.71. The van der Waals surface area contributed by atoms with Crippen LogP contribution in [0.3, 0.4) is 0 Å². The van der Waals surface area contributed by atoms with Crippen molar-refractivity contribution in [3.05, 3.63) is 35.9 Å². The molecule has 0 aliphatic rings. The quantitative estimate of drug-likeness (QED) is 0.811. The number of rotatable bonds is 7. The summed E-state index contributed by atoms with van der Waals surface area (Å²) in [6.07, 6.45) is -0.653. The lowest BCUT2D eigenvalue weighted by Crippen LogP contribution is -2.41. The standard InChI is InChI=1S/C14H19NO4/c1-3-15(9-13(16)17)14(18)11(2)19-10-12-7-5-4-6-8-12/h4-8,11H,3,9-10H2,1-2H3,(H,16,17). The second-order valence-electron chi connectivity index (χ2n) is 4.18. The molecule has 0 aliphatic carbocycles. The third kappa shape index (κ3) is 5.09. The molecule has 1 aromatic rings. The minimum atomic E-state index is -1.02. The molecule has 1 amide bonds. The molecule has 1 aromatic carbocycles. The van der Waals surface area contributed by atoms with E-state index in [0.717, 1.165) is 5.56 Å². The number of amides is 1. The van der Waals surface area contributed by atoms with E-state index in [0.29, 0.717) is 13.2 Å². The van der Waals surface area contributed by atoms with Gasteiger partial charge in [0.25, 0.3) is 5.91 Å². The molecule has 0 bridgehead atoms. The number of carbonyl (C=O) groups is 2. The van der Waals surface area contributed by atoms with Crippen molar-refractivity contribution in [1.29, 1.82) is 0 Å². The first-order valence-corrected chi connectivity index (χ1v) is 6.20. The molecule has 0 heterocycles. The zero-order valence-corrected chi connectivity index (χ0v) is 11.2. The number of hydrogen-bond acceptors (Lipinski definition) is 3. The fraction of sp³-hybridized carbons (Fsp3) is 0.429. The zero-order chi connectivity index (χ0) is 14.3. The van der Waals surface area contributed by atoms with Gasteiger partial charge in [-0.05, 0) is 19.4 Å². The average molecular weight is 265 g/mol. The summed E-state index contributed by atoms with van der Waals surface area (Å²) in [6.45, 7) is 3.76. The fourth-order valence-electron chi connectivity index (χ4n) is 1.63. The van der Waals surface area contributed by atoms with Gasteiger partial charge in [-0.3, -0.25) is 9.59 Å². The number of carboxylic acid groups (broad SMARTS) is 1. The number of likely N-dealkylation sites (N-methyl/N-ethyl adjacent to an activating group) is 1. The molecular weight excluding hydrogens is 246 g/mol. The van der Waals surface area contributed by atoms with Crippen molar-refractivity contribution in [3.63, 3.8) is 0 Å². The van der Waals surface area contributed by atoms with Crippen LogP contribution in [0.5, 0.6) is 0 Å². The molecule has 0 aliphatic heterocycles. The predicted molar refractivity (Wildman–Crippen MR) is 70.6 cm³/mol. The minimum absolute atomic E-state index is 0.297. The van der Waals surface area contributed by atoms with E-state index >= 15 is 0 Å². The highest BCUT2D eigenvalue weighted by molar-refractivity contribution is 5.84. The highest BCUT2D eigenvalue weighted by atomic mass is 16.5. The summed E-state index contributed by atoms with van der Waals surface area (Å²) in [7, 11) is 0. The van der Waals surface area contributed by atoms with Crippen LogP contribution in [0, 0.1) is 0 Å². The average Bonchev–Trinajstić information content (AvgIpc) is 2.42. The van der Waals surface area contributed by atoms with Gasteiger partial charge in [-0.25, -0.2) is 0 Å². The normalized spacial score (nSPS) is 11.9. The van der Waals surface area contributed by atoms with Gasteiger partial charge in [0.05, 0.1) is 6.61 Å². The fourth-order valence-corrected chi connectivity index (χ4v) is 1.63. The van der Waals surface area contributed by atoms with Crippen LogP contribution in [-0.4, -0.2) is 41.1 Å². The Kier molecular flexibility index (Phi) is 6.02. The first-order valence-electron chi connectivity index (χ1n) is 6.20. The molecule has 0 saturated heterocycles. The van der Waals surface area contributed by atoms with E-state index in [2.05, 4.69) is 0 Å². The molecule has 0 radical (unpaired) electrons. The molecule has 0 aromatic heterocycles. The van der Waals surface area contributed by atoms with Crippen LogP contribution in [0.1, 0.15) is 19.4 Å². The number of ether oxygens (including phenoxy) is 1. The summed E-state index contributed by atoms with van der Waals surface area (Å²) in [5.74, 6) is -1.33. The van der Waals surface area contributed by atoms with Crippen molar-refractivity contribution in [1.82, 2.24) is 4.90 Å². The summed E-state index contributed by atoms with van der Waals surface area (Å²) < 4.78 is 5.47. The van der Waals surface area contributed by atoms with E-state index in [1.165, 1.54) is 4.90 Å². The minimum Gasteiger partial charge on any atom is -0.480 e. The Morgan fingerprint density at radius 2 is 1.95 bits per heavy atom. The number of benzene rings is 1. The Bertz CT molecular complexity index is 419. The molecule has 1 N–H and O–H groups in total. The second-order valence-corrected chi connectivity index (χ2v) is 4.18. The summed E-state index contributed by atoms with van der Waals surface area (Å²) in [4.78, 5) is 23.9. The predicted octanol–water partition coefficient (Wildman–Crippen LogP) is 1.52. The maximum Gasteiger partial charge on any atom is 0.323 e. The van der Waals surface area contributed by atoms with Gasteiger partial charge in [-0.2, -0.15) is 0 Å². The summed E-state index contributed by atoms with van der Waals surface area (Å²) in [5, 5.41) is 8.72. The lowest BCUT2D eigenvalue weighted by atomic mass is 10.2. The number of aliphatic carboxylic acids is 1. The Hall–Kier alpha value is -1.88. The van der Waals surface area contributed by atoms with Crippen LogP contribution in [-0.2, 0) is 20.9 Å². The topological polar surface area (TPSA) is 66.8 Å². The summed E-state index contributed by atoms with van der Waals surface area (Å²) in [6, 6.07) is 9.52. The molecule has 5 nitrogen and oxygen atoms in total. The molecule has 104 valence electrons. The molecule has 1 atom stereocenters. The Morgan fingerprint density at radius 3 is 2.47 bits per heavy atom. The smallest absolute Gasteiger partial charge is 0.323 e. The molecular formula is C14H19NO4. The van der Waals surface area contributed by atoms with Gasteiger partial charge >= 0.3 is 5.97 Å². The van der Waals surface area contributed by atoms with Gasteiger partial charge in [-0.1, -0.05) is 30.3 Å². The van der Waals surface area contributed by atoms with Gasteiger partial charge in [0.1, 0.15) is 12.6 Å². The molecule has 1 unspecified atom stereocenters. The van der Waals surface area contributed by atoms with E-state index in [1.807, 2.05) is 30.3 Å². The Balaban J connectivity index is 2.49. The van der Waals surface area contributed by atoms with Crippen LogP contribution in [0.25, 0.3) is 0 Å². The van der Waals surface area contributed by atoms with E-state index in [-0.39, 0.29) is 12.5 Å². The van der Waals surface area contributed by atoms with Gasteiger partial charge in [0.2, 0.25) is 0 Å². The summed E-state index contributed by atoms with van der Waals surface area (Å²) >= 11 is 0. The Morgan fingerprint density at radius 1 is 1.32 bits per heavy atom. The van der Waals surface area contributed by atoms with Crippen molar-refractivity contribution in [2.24, 2.45) is 0 Å². The molecule has 0 saturated carbocycles. The monoisotopic (exact) mass is 265 g/mol. The van der Waals surface area contributed by atoms with Gasteiger partial charge in [-0.15, -0.1) is 0 Å².